The second kappa shape index (κ2) is 11.0. The van der Waals surface area contributed by atoms with E-state index in [0.29, 0.717) is 28.4 Å². The van der Waals surface area contributed by atoms with Crippen LogP contribution in [0.5, 0.6) is 17.2 Å². The van der Waals surface area contributed by atoms with Gasteiger partial charge < -0.3 is 19.5 Å². The summed E-state index contributed by atoms with van der Waals surface area (Å²) in [5, 5.41) is 2.75. The van der Waals surface area contributed by atoms with Crippen LogP contribution in [-0.4, -0.2) is 35.7 Å². The van der Waals surface area contributed by atoms with Crippen LogP contribution in [-0.2, 0) is 23.1 Å². The van der Waals surface area contributed by atoms with E-state index in [9.17, 15) is 17.6 Å². The van der Waals surface area contributed by atoms with Crippen LogP contribution in [0.4, 0.5) is 4.39 Å². The highest BCUT2D eigenvalue weighted by Gasteiger charge is 2.18. The number of halogens is 1. The molecule has 0 saturated carbocycles. The number of carbonyl (C=O) groups excluding carboxylic acids is 1. The fourth-order valence-electron chi connectivity index (χ4n) is 3.23. The molecule has 3 rings (SSSR count). The summed E-state index contributed by atoms with van der Waals surface area (Å²) in [6.07, 6.45) is 0. The van der Waals surface area contributed by atoms with E-state index in [1.54, 1.807) is 18.2 Å². The number of rotatable bonds is 10. The summed E-state index contributed by atoms with van der Waals surface area (Å²) in [5.74, 6) is 0.192. The first-order chi connectivity index (χ1) is 16.3. The zero-order valence-electron chi connectivity index (χ0n) is 18.9. The first-order valence-electron chi connectivity index (χ1n) is 10.2. The zero-order valence-corrected chi connectivity index (χ0v) is 19.7. The first kappa shape index (κ1) is 25.0. The van der Waals surface area contributed by atoms with E-state index in [2.05, 4.69) is 10.0 Å². The number of ether oxygens (including phenoxy) is 3. The molecular formula is C24H25FN2O6S. The Morgan fingerprint density at radius 3 is 2.06 bits per heavy atom. The number of sulfonamides is 1. The Labute approximate surface area is 197 Å². The highest BCUT2D eigenvalue weighted by atomic mass is 32.2. The normalized spacial score (nSPS) is 11.1. The number of carbonyl (C=O) groups is 1. The van der Waals surface area contributed by atoms with Gasteiger partial charge in [-0.2, -0.15) is 0 Å². The van der Waals surface area contributed by atoms with Crippen molar-refractivity contribution >= 4 is 15.9 Å². The van der Waals surface area contributed by atoms with E-state index in [4.69, 9.17) is 14.2 Å². The van der Waals surface area contributed by atoms with Crippen molar-refractivity contribution in [3.05, 3.63) is 83.2 Å². The zero-order chi connectivity index (χ0) is 24.7. The SMILES string of the molecule is COc1cc(C(=O)NCc2cccc(S(=O)(=O)NCc3cccc(F)c3)c2)cc(OC)c1OC. The lowest BCUT2D eigenvalue weighted by atomic mass is 10.1. The number of amides is 1. The summed E-state index contributed by atoms with van der Waals surface area (Å²) in [6.45, 7) is 0.0327. The van der Waals surface area contributed by atoms with Gasteiger partial charge in [0, 0.05) is 18.7 Å². The summed E-state index contributed by atoms with van der Waals surface area (Å²) in [5.41, 5.74) is 1.36. The topological polar surface area (TPSA) is 103 Å². The molecule has 0 aliphatic rings. The van der Waals surface area contributed by atoms with Crippen LogP contribution in [0, 0.1) is 5.82 Å². The van der Waals surface area contributed by atoms with Gasteiger partial charge in [-0.15, -0.1) is 0 Å². The second-order valence-electron chi connectivity index (χ2n) is 7.20. The molecule has 3 aromatic rings. The average Bonchev–Trinajstić information content (AvgIpc) is 2.85. The number of methoxy groups -OCH3 is 3. The van der Waals surface area contributed by atoms with Gasteiger partial charge in [-0.3, -0.25) is 4.79 Å². The molecule has 180 valence electrons. The fraction of sp³-hybridized carbons (Fsp3) is 0.208. The minimum absolute atomic E-state index is 0.0310. The Kier molecular flexibility index (Phi) is 8.08. The maximum absolute atomic E-state index is 13.3. The standard InChI is InChI=1S/C24H25FN2O6S/c1-31-21-12-18(13-22(32-2)23(21)33-3)24(28)26-14-17-7-5-9-20(11-17)34(29,30)27-15-16-6-4-8-19(25)10-16/h4-13,27H,14-15H2,1-3H3,(H,26,28). The predicted molar refractivity (Wildman–Crippen MR) is 124 cm³/mol. The van der Waals surface area contributed by atoms with Crippen molar-refractivity contribution in [1.82, 2.24) is 10.0 Å². The number of benzene rings is 3. The third-order valence-corrected chi connectivity index (χ3v) is 6.34. The van der Waals surface area contributed by atoms with Crippen molar-refractivity contribution in [2.75, 3.05) is 21.3 Å². The van der Waals surface area contributed by atoms with E-state index in [1.807, 2.05) is 0 Å². The third-order valence-electron chi connectivity index (χ3n) is 4.94. The molecule has 0 spiro atoms. The predicted octanol–water partition coefficient (Wildman–Crippen LogP) is 3.26. The summed E-state index contributed by atoms with van der Waals surface area (Å²) in [4.78, 5) is 12.7. The number of nitrogens with one attached hydrogen (secondary N) is 2. The van der Waals surface area contributed by atoms with Crippen LogP contribution in [0.2, 0.25) is 0 Å². The van der Waals surface area contributed by atoms with Crippen LogP contribution in [0.1, 0.15) is 21.5 Å². The van der Waals surface area contributed by atoms with Gasteiger partial charge in [-0.05, 0) is 47.5 Å². The molecule has 1 amide bonds. The molecule has 8 nitrogen and oxygen atoms in total. The maximum atomic E-state index is 13.3. The molecule has 34 heavy (non-hydrogen) atoms. The fourth-order valence-corrected chi connectivity index (χ4v) is 4.32. The van der Waals surface area contributed by atoms with E-state index in [-0.39, 0.29) is 23.5 Å². The summed E-state index contributed by atoms with van der Waals surface area (Å²) >= 11 is 0. The largest absolute Gasteiger partial charge is 0.493 e. The Morgan fingerprint density at radius 1 is 0.853 bits per heavy atom. The molecule has 0 saturated heterocycles. The first-order valence-corrected chi connectivity index (χ1v) is 11.7. The Morgan fingerprint density at radius 2 is 1.47 bits per heavy atom. The maximum Gasteiger partial charge on any atom is 0.251 e. The molecule has 0 aliphatic heterocycles. The molecule has 0 aromatic heterocycles. The lowest BCUT2D eigenvalue weighted by molar-refractivity contribution is 0.0950. The monoisotopic (exact) mass is 488 g/mol. The lowest BCUT2D eigenvalue weighted by Gasteiger charge is -2.14. The van der Waals surface area contributed by atoms with Gasteiger partial charge in [-0.1, -0.05) is 24.3 Å². The molecule has 0 heterocycles. The van der Waals surface area contributed by atoms with E-state index in [0.717, 1.165) is 0 Å². The van der Waals surface area contributed by atoms with Gasteiger partial charge in [0.05, 0.1) is 26.2 Å². The lowest BCUT2D eigenvalue weighted by Crippen LogP contribution is -2.25. The Hall–Kier alpha value is -3.63. The van der Waals surface area contributed by atoms with Crippen molar-refractivity contribution in [2.24, 2.45) is 0 Å². The Balaban J connectivity index is 1.70. The van der Waals surface area contributed by atoms with Crippen molar-refractivity contribution in [3.63, 3.8) is 0 Å². The Bertz CT molecular complexity index is 1250. The second-order valence-corrected chi connectivity index (χ2v) is 8.97. The molecule has 0 radical (unpaired) electrons. The van der Waals surface area contributed by atoms with Crippen LogP contribution in [0.3, 0.4) is 0 Å². The van der Waals surface area contributed by atoms with Crippen molar-refractivity contribution in [3.8, 4) is 17.2 Å². The van der Waals surface area contributed by atoms with E-state index in [1.165, 1.54) is 63.8 Å². The molecule has 0 fully saturated rings. The van der Waals surface area contributed by atoms with Gasteiger partial charge in [0.1, 0.15) is 5.82 Å². The van der Waals surface area contributed by atoms with E-state index >= 15 is 0 Å². The smallest absolute Gasteiger partial charge is 0.251 e. The van der Waals surface area contributed by atoms with Crippen molar-refractivity contribution < 1.29 is 31.8 Å². The molecular weight excluding hydrogens is 463 g/mol. The van der Waals surface area contributed by atoms with Gasteiger partial charge in [0.15, 0.2) is 11.5 Å². The summed E-state index contributed by atoms with van der Waals surface area (Å²) in [7, 11) is 0.527. The van der Waals surface area contributed by atoms with Crippen molar-refractivity contribution in [1.29, 1.82) is 0 Å². The molecule has 10 heteroatoms. The van der Waals surface area contributed by atoms with E-state index < -0.39 is 21.7 Å². The van der Waals surface area contributed by atoms with Gasteiger partial charge in [0.25, 0.3) is 5.91 Å². The molecule has 2 N–H and O–H groups in total. The number of hydrogen-bond donors (Lipinski definition) is 2. The van der Waals surface area contributed by atoms with Gasteiger partial charge in [-0.25, -0.2) is 17.5 Å². The third kappa shape index (κ3) is 6.03. The molecule has 0 bridgehead atoms. The van der Waals surface area contributed by atoms with Crippen LogP contribution >= 0.6 is 0 Å². The van der Waals surface area contributed by atoms with Crippen LogP contribution in [0.15, 0.2) is 65.6 Å². The molecule has 0 aliphatic carbocycles. The summed E-state index contributed by atoms with van der Waals surface area (Å²) in [6, 6.07) is 14.9. The summed E-state index contributed by atoms with van der Waals surface area (Å²) < 4.78 is 56.9. The van der Waals surface area contributed by atoms with Gasteiger partial charge in [0.2, 0.25) is 15.8 Å². The minimum Gasteiger partial charge on any atom is -0.493 e. The molecule has 0 atom stereocenters. The average molecular weight is 489 g/mol. The van der Waals surface area contributed by atoms with Gasteiger partial charge >= 0.3 is 0 Å². The number of hydrogen-bond acceptors (Lipinski definition) is 6. The highest BCUT2D eigenvalue weighted by Crippen LogP contribution is 2.38. The molecule has 0 unspecified atom stereocenters. The highest BCUT2D eigenvalue weighted by molar-refractivity contribution is 7.89. The van der Waals surface area contributed by atoms with Crippen LogP contribution in [0.25, 0.3) is 0 Å². The quantitative estimate of drug-likeness (QED) is 0.454. The van der Waals surface area contributed by atoms with Crippen LogP contribution < -0.4 is 24.2 Å². The van der Waals surface area contributed by atoms with Crippen molar-refractivity contribution in [2.45, 2.75) is 18.0 Å². The molecule has 3 aromatic carbocycles. The minimum atomic E-state index is -3.84.